The number of carbonyl (C=O) groups is 4. The number of rotatable bonds is 14. The van der Waals surface area contributed by atoms with Gasteiger partial charge in [-0.1, -0.05) is 13.8 Å². The van der Waals surface area contributed by atoms with E-state index in [1.165, 1.54) is 18.7 Å². The lowest BCUT2D eigenvalue weighted by molar-refractivity contribution is -0.145. The molecule has 11 nitrogen and oxygen atoms in total. The Morgan fingerprint density at radius 1 is 0.967 bits per heavy atom. The molecule has 3 amide bonds. The molecule has 8 N–H and O–H groups in total. The first-order valence-corrected chi connectivity index (χ1v) is 11.0. The van der Waals surface area contributed by atoms with Crippen LogP contribution in [0.15, 0.2) is 0 Å². The van der Waals surface area contributed by atoms with Crippen LogP contribution in [-0.2, 0) is 19.2 Å². The van der Waals surface area contributed by atoms with Crippen LogP contribution in [0.4, 0.5) is 0 Å². The Balaban J connectivity index is 5.40. The molecule has 0 spiro atoms. The van der Waals surface area contributed by atoms with Gasteiger partial charge in [0, 0.05) is 0 Å². The second kappa shape index (κ2) is 14.2. The number of aliphatic hydroxyl groups excluding tert-OH is 2. The predicted molar refractivity (Wildman–Crippen MR) is 113 cm³/mol. The maximum absolute atomic E-state index is 12.8. The van der Waals surface area contributed by atoms with Crippen molar-refractivity contribution in [1.29, 1.82) is 0 Å². The van der Waals surface area contributed by atoms with Crippen molar-refractivity contribution in [2.75, 3.05) is 18.6 Å². The SMILES string of the molecule is CSCCC(NC(=O)C(CC(C)C)NC(=O)C(N)CO)C(=O)NC(C(=O)O)C(C)O. The van der Waals surface area contributed by atoms with Crippen LogP contribution in [-0.4, -0.2) is 87.9 Å². The van der Waals surface area contributed by atoms with E-state index >= 15 is 0 Å². The van der Waals surface area contributed by atoms with E-state index < -0.39 is 60.6 Å². The number of amides is 3. The highest BCUT2D eigenvalue weighted by Gasteiger charge is 2.31. The Morgan fingerprint density at radius 3 is 1.93 bits per heavy atom. The topological polar surface area (TPSA) is 191 Å². The lowest BCUT2D eigenvalue weighted by Gasteiger charge is -2.26. The van der Waals surface area contributed by atoms with Crippen LogP contribution in [0.25, 0.3) is 0 Å². The number of aliphatic carboxylic acids is 1. The number of nitrogens with one attached hydrogen (secondary N) is 3. The highest BCUT2D eigenvalue weighted by Crippen LogP contribution is 2.08. The van der Waals surface area contributed by atoms with Crippen LogP contribution in [0.3, 0.4) is 0 Å². The summed E-state index contributed by atoms with van der Waals surface area (Å²) in [5, 5.41) is 35.0. The molecule has 0 aliphatic carbocycles. The Bertz CT molecular complexity index is 589. The molecule has 5 atom stereocenters. The molecule has 0 aromatic carbocycles. The third-order valence-corrected chi connectivity index (χ3v) is 4.81. The van der Waals surface area contributed by atoms with Gasteiger partial charge in [0.15, 0.2) is 6.04 Å². The summed E-state index contributed by atoms with van der Waals surface area (Å²) in [6.45, 7) is 4.33. The lowest BCUT2D eigenvalue weighted by atomic mass is 10.0. The van der Waals surface area contributed by atoms with E-state index in [-0.39, 0.29) is 18.8 Å². The van der Waals surface area contributed by atoms with E-state index in [4.69, 9.17) is 15.9 Å². The molecule has 0 radical (unpaired) electrons. The summed E-state index contributed by atoms with van der Waals surface area (Å²) in [4.78, 5) is 48.6. The maximum atomic E-state index is 12.8. The molecule has 12 heteroatoms. The van der Waals surface area contributed by atoms with Crippen LogP contribution >= 0.6 is 11.8 Å². The summed E-state index contributed by atoms with van der Waals surface area (Å²) in [6, 6.07) is -4.78. The first-order valence-electron chi connectivity index (χ1n) is 9.61. The zero-order valence-corrected chi connectivity index (χ0v) is 18.6. The maximum Gasteiger partial charge on any atom is 0.328 e. The summed E-state index contributed by atoms with van der Waals surface area (Å²) in [5.41, 5.74) is 5.48. The summed E-state index contributed by atoms with van der Waals surface area (Å²) in [6.07, 6.45) is 0.947. The van der Waals surface area contributed by atoms with Crippen molar-refractivity contribution >= 4 is 35.5 Å². The molecular weight excluding hydrogens is 416 g/mol. The van der Waals surface area contributed by atoms with E-state index in [0.29, 0.717) is 5.75 Å². The van der Waals surface area contributed by atoms with Gasteiger partial charge in [-0.05, 0) is 37.7 Å². The quantitative estimate of drug-likeness (QED) is 0.157. The molecule has 0 aliphatic heterocycles. The van der Waals surface area contributed by atoms with Gasteiger partial charge in [-0.2, -0.15) is 11.8 Å². The van der Waals surface area contributed by atoms with Gasteiger partial charge in [0.1, 0.15) is 18.1 Å². The van der Waals surface area contributed by atoms with Gasteiger partial charge >= 0.3 is 5.97 Å². The first kappa shape index (κ1) is 28.1. The smallest absolute Gasteiger partial charge is 0.328 e. The number of aliphatic hydroxyl groups is 2. The van der Waals surface area contributed by atoms with Crippen LogP contribution in [0.1, 0.15) is 33.6 Å². The fraction of sp³-hybridized carbons (Fsp3) is 0.778. The van der Waals surface area contributed by atoms with Crippen molar-refractivity contribution in [3.63, 3.8) is 0 Å². The van der Waals surface area contributed by atoms with E-state index in [2.05, 4.69) is 16.0 Å². The second-order valence-corrected chi connectivity index (χ2v) is 8.37. The Kier molecular flexibility index (Phi) is 13.3. The van der Waals surface area contributed by atoms with Crippen molar-refractivity contribution in [3.8, 4) is 0 Å². The molecule has 0 rings (SSSR count). The number of carboxylic acid groups (broad SMARTS) is 1. The van der Waals surface area contributed by atoms with Crippen molar-refractivity contribution in [3.05, 3.63) is 0 Å². The summed E-state index contributed by atoms with van der Waals surface area (Å²) >= 11 is 1.43. The van der Waals surface area contributed by atoms with Crippen molar-refractivity contribution < 1.29 is 34.5 Å². The van der Waals surface area contributed by atoms with Crippen LogP contribution in [0, 0.1) is 5.92 Å². The van der Waals surface area contributed by atoms with Gasteiger partial charge in [-0.15, -0.1) is 0 Å². The highest BCUT2D eigenvalue weighted by atomic mass is 32.2. The fourth-order valence-electron chi connectivity index (χ4n) is 2.48. The summed E-state index contributed by atoms with van der Waals surface area (Å²) in [5.74, 6) is -2.97. The molecule has 0 saturated carbocycles. The number of hydrogen-bond acceptors (Lipinski definition) is 8. The van der Waals surface area contributed by atoms with E-state index in [0.717, 1.165) is 0 Å². The van der Waals surface area contributed by atoms with E-state index in [9.17, 15) is 24.3 Å². The normalized spacial score (nSPS) is 16.1. The molecule has 0 aromatic heterocycles. The molecule has 0 aliphatic rings. The number of hydrogen-bond donors (Lipinski definition) is 7. The molecule has 5 unspecified atom stereocenters. The molecule has 0 saturated heterocycles. The zero-order valence-electron chi connectivity index (χ0n) is 17.8. The van der Waals surface area contributed by atoms with Gasteiger partial charge in [-0.3, -0.25) is 14.4 Å². The largest absolute Gasteiger partial charge is 0.480 e. The minimum absolute atomic E-state index is 0.0245. The lowest BCUT2D eigenvalue weighted by Crippen LogP contribution is -2.58. The second-order valence-electron chi connectivity index (χ2n) is 7.39. The number of nitrogens with two attached hydrogens (primary N) is 1. The molecule has 0 aromatic rings. The highest BCUT2D eigenvalue weighted by molar-refractivity contribution is 7.98. The van der Waals surface area contributed by atoms with Crippen LogP contribution in [0.2, 0.25) is 0 Å². The fourth-order valence-corrected chi connectivity index (χ4v) is 2.96. The molecule has 0 fully saturated rings. The third kappa shape index (κ3) is 10.2. The number of carboxylic acids is 1. The Labute approximate surface area is 180 Å². The number of carbonyl (C=O) groups excluding carboxylic acids is 3. The Morgan fingerprint density at radius 2 is 1.50 bits per heavy atom. The molecule has 174 valence electrons. The minimum Gasteiger partial charge on any atom is -0.480 e. The monoisotopic (exact) mass is 450 g/mol. The third-order valence-electron chi connectivity index (χ3n) is 4.16. The molecular formula is C18H34N4O7S. The molecule has 30 heavy (non-hydrogen) atoms. The average Bonchev–Trinajstić information content (AvgIpc) is 2.66. The average molecular weight is 451 g/mol. The van der Waals surface area contributed by atoms with Crippen molar-refractivity contribution in [2.45, 2.75) is 63.9 Å². The van der Waals surface area contributed by atoms with Crippen molar-refractivity contribution in [2.24, 2.45) is 11.7 Å². The van der Waals surface area contributed by atoms with Gasteiger partial charge < -0.3 is 37.0 Å². The van der Waals surface area contributed by atoms with E-state index in [1.54, 1.807) is 0 Å². The van der Waals surface area contributed by atoms with Gasteiger partial charge in [0.2, 0.25) is 17.7 Å². The standard InChI is InChI=1S/C18H34N4O7S/c1-9(2)7-13(21-15(25)11(19)8-23)17(27)20-12(5-6-30-4)16(26)22-14(10(3)24)18(28)29/h9-14,23-24H,5-8,19H2,1-4H3,(H,20,27)(H,21,25)(H,22,26)(H,28,29). The first-order chi connectivity index (χ1) is 13.9. The van der Waals surface area contributed by atoms with Crippen LogP contribution < -0.4 is 21.7 Å². The van der Waals surface area contributed by atoms with Gasteiger partial charge in [-0.25, -0.2) is 4.79 Å². The summed E-state index contributed by atoms with van der Waals surface area (Å²) < 4.78 is 0. The minimum atomic E-state index is -1.53. The van der Waals surface area contributed by atoms with Gasteiger partial charge in [0.05, 0.1) is 12.7 Å². The van der Waals surface area contributed by atoms with Crippen LogP contribution in [0.5, 0.6) is 0 Å². The number of thioether (sulfide) groups is 1. The molecule has 0 heterocycles. The zero-order chi connectivity index (χ0) is 23.4. The Hall–Kier alpha value is -1.89. The van der Waals surface area contributed by atoms with E-state index in [1.807, 2.05) is 20.1 Å². The molecule has 0 bridgehead atoms. The van der Waals surface area contributed by atoms with Gasteiger partial charge in [0.25, 0.3) is 0 Å². The summed E-state index contributed by atoms with van der Waals surface area (Å²) in [7, 11) is 0. The van der Waals surface area contributed by atoms with Crippen molar-refractivity contribution in [1.82, 2.24) is 16.0 Å². The predicted octanol–water partition coefficient (Wildman–Crippen LogP) is -1.97.